The number of halogens is 3. The summed E-state index contributed by atoms with van der Waals surface area (Å²) >= 11 is 0. The predicted molar refractivity (Wildman–Crippen MR) is 89.6 cm³/mol. The summed E-state index contributed by atoms with van der Waals surface area (Å²) in [5.41, 5.74) is 0.0730. The number of carbonyl (C=O) groups is 1. The fourth-order valence-electron chi connectivity index (χ4n) is 2.88. The molecule has 0 saturated heterocycles. The molecule has 1 aliphatic rings. The number of benzene rings is 1. The van der Waals surface area contributed by atoms with E-state index >= 15 is 0 Å². The largest absolute Gasteiger partial charge is 0.428 e. The molecule has 0 bridgehead atoms. The Morgan fingerprint density at radius 1 is 1.35 bits per heavy atom. The molecule has 1 aliphatic carbocycles. The van der Waals surface area contributed by atoms with Crippen LogP contribution in [-0.2, 0) is 12.7 Å². The molecule has 1 aromatic carbocycles. The first-order valence-corrected chi connectivity index (χ1v) is 8.63. The Morgan fingerprint density at radius 2 is 2.04 bits per heavy atom. The zero-order chi connectivity index (χ0) is 19.1. The molecule has 0 aliphatic heterocycles. The van der Waals surface area contributed by atoms with Crippen LogP contribution in [0.2, 0.25) is 0 Å². The fourth-order valence-corrected chi connectivity index (χ4v) is 2.88. The van der Waals surface area contributed by atoms with Crippen molar-refractivity contribution >= 4 is 5.91 Å². The van der Waals surface area contributed by atoms with Crippen molar-refractivity contribution in [3.8, 4) is 0 Å². The Morgan fingerprint density at radius 3 is 2.62 bits per heavy atom. The van der Waals surface area contributed by atoms with E-state index in [1.54, 1.807) is 0 Å². The SMILES string of the molecule is Cc1c(C(C)C)oc(=NC(=O)c2cccc(C(F)(F)F)c2)n1CC1CC1. The van der Waals surface area contributed by atoms with Crippen molar-refractivity contribution in [2.24, 2.45) is 10.9 Å². The van der Waals surface area contributed by atoms with Crippen molar-refractivity contribution < 1.29 is 22.4 Å². The number of oxazole rings is 1. The number of aromatic nitrogens is 1. The molecule has 1 fully saturated rings. The number of nitrogens with zero attached hydrogens (tertiary/aromatic N) is 2. The van der Waals surface area contributed by atoms with E-state index in [9.17, 15) is 18.0 Å². The van der Waals surface area contributed by atoms with Crippen molar-refractivity contribution in [2.75, 3.05) is 0 Å². The van der Waals surface area contributed by atoms with Gasteiger partial charge in [0, 0.05) is 18.0 Å². The summed E-state index contributed by atoms with van der Waals surface area (Å²) in [6.07, 6.45) is -2.26. The Bertz CT molecular complexity index is 887. The highest BCUT2D eigenvalue weighted by molar-refractivity contribution is 5.95. The van der Waals surface area contributed by atoms with Crippen LogP contribution < -0.4 is 5.68 Å². The maximum absolute atomic E-state index is 12.9. The second-order valence-corrected chi connectivity index (χ2v) is 7.04. The normalized spacial score (nSPS) is 15.7. The van der Waals surface area contributed by atoms with Gasteiger partial charge in [0.25, 0.3) is 5.91 Å². The molecule has 26 heavy (non-hydrogen) atoms. The van der Waals surface area contributed by atoms with E-state index in [-0.39, 0.29) is 17.2 Å². The number of hydrogen-bond donors (Lipinski definition) is 0. The van der Waals surface area contributed by atoms with E-state index in [0.717, 1.165) is 36.4 Å². The highest BCUT2D eigenvalue weighted by atomic mass is 19.4. The van der Waals surface area contributed by atoms with Crippen molar-refractivity contribution in [3.63, 3.8) is 0 Å². The van der Waals surface area contributed by atoms with Crippen LogP contribution in [0.3, 0.4) is 0 Å². The van der Waals surface area contributed by atoms with Crippen molar-refractivity contribution in [1.29, 1.82) is 0 Å². The van der Waals surface area contributed by atoms with Crippen molar-refractivity contribution in [1.82, 2.24) is 4.57 Å². The molecule has 1 heterocycles. The summed E-state index contributed by atoms with van der Waals surface area (Å²) in [5, 5.41) is 0. The van der Waals surface area contributed by atoms with Gasteiger partial charge in [-0.1, -0.05) is 19.9 Å². The second-order valence-electron chi connectivity index (χ2n) is 7.04. The monoisotopic (exact) mass is 366 g/mol. The first-order chi connectivity index (χ1) is 12.2. The van der Waals surface area contributed by atoms with Crippen LogP contribution in [0.5, 0.6) is 0 Å². The summed E-state index contributed by atoms with van der Waals surface area (Å²) in [7, 11) is 0. The molecule has 0 atom stereocenters. The average Bonchev–Trinajstić information content (AvgIpc) is 3.33. The molecule has 0 spiro atoms. The maximum atomic E-state index is 12.9. The van der Waals surface area contributed by atoms with Gasteiger partial charge in [-0.05, 0) is 43.9 Å². The third kappa shape index (κ3) is 3.92. The lowest BCUT2D eigenvalue weighted by atomic mass is 10.1. The van der Waals surface area contributed by atoms with Gasteiger partial charge in [0.1, 0.15) is 5.76 Å². The lowest BCUT2D eigenvalue weighted by molar-refractivity contribution is -0.137. The van der Waals surface area contributed by atoms with Gasteiger partial charge in [-0.15, -0.1) is 0 Å². The van der Waals surface area contributed by atoms with E-state index in [1.165, 1.54) is 12.1 Å². The molecule has 2 aromatic rings. The van der Waals surface area contributed by atoms with Crippen LogP contribution >= 0.6 is 0 Å². The van der Waals surface area contributed by atoms with E-state index in [2.05, 4.69) is 4.99 Å². The first kappa shape index (κ1) is 18.5. The topological polar surface area (TPSA) is 47.5 Å². The average molecular weight is 366 g/mol. The molecule has 4 nitrogen and oxygen atoms in total. The van der Waals surface area contributed by atoms with Crippen LogP contribution in [0.25, 0.3) is 0 Å². The lowest BCUT2D eigenvalue weighted by Gasteiger charge is -2.07. The highest BCUT2D eigenvalue weighted by Gasteiger charge is 2.31. The molecule has 1 amide bonds. The Labute approximate surface area is 149 Å². The number of carbonyl (C=O) groups excluding carboxylic acids is 1. The molecule has 7 heteroatoms. The molecule has 3 rings (SSSR count). The van der Waals surface area contributed by atoms with Crippen molar-refractivity contribution in [2.45, 2.75) is 52.3 Å². The first-order valence-electron chi connectivity index (χ1n) is 8.63. The Hall–Kier alpha value is -2.31. The second kappa shape index (κ2) is 6.78. The molecular formula is C19H21F3N2O2. The maximum Gasteiger partial charge on any atom is 0.416 e. The summed E-state index contributed by atoms with van der Waals surface area (Å²) in [6, 6.07) is 4.27. The molecule has 1 aromatic heterocycles. The minimum absolute atomic E-state index is 0.113. The molecule has 0 N–H and O–H groups in total. The summed E-state index contributed by atoms with van der Waals surface area (Å²) in [5.74, 6) is 0.646. The fraction of sp³-hybridized carbons (Fsp3) is 0.474. The van der Waals surface area contributed by atoms with Crippen molar-refractivity contribution in [3.05, 3.63) is 52.5 Å². The van der Waals surface area contributed by atoms with Crippen LogP contribution in [0, 0.1) is 12.8 Å². The summed E-state index contributed by atoms with van der Waals surface area (Å²) in [6.45, 7) is 6.57. The van der Waals surface area contributed by atoms with Gasteiger partial charge >= 0.3 is 11.9 Å². The predicted octanol–water partition coefficient (Wildman–Crippen LogP) is 4.68. The summed E-state index contributed by atoms with van der Waals surface area (Å²) in [4.78, 5) is 16.4. The number of alkyl halides is 3. The van der Waals surface area contributed by atoms with Gasteiger partial charge in [-0.3, -0.25) is 9.36 Å². The van der Waals surface area contributed by atoms with Gasteiger partial charge in [0.05, 0.1) is 11.3 Å². The minimum atomic E-state index is -4.51. The van der Waals surface area contributed by atoms with E-state index in [1.807, 2.05) is 25.3 Å². The van der Waals surface area contributed by atoms with E-state index in [4.69, 9.17) is 4.42 Å². The zero-order valence-electron chi connectivity index (χ0n) is 14.9. The number of amides is 1. The quantitative estimate of drug-likeness (QED) is 0.789. The zero-order valence-corrected chi connectivity index (χ0v) is 14.9. The molecule has 0 unspecified atom stereocenters. The third-order valence-electron chi connectivity index (χ3n) is 4.49. The van der Waals surface area contributed by atoms with Crippen LogP contribution in [-0.4, -0.2) is 10.5 Å². The minimum Gasteiger partial charge on any atom is -0.428 e. The number of rotatable bonds is 4. The lowest BCUT2D eigenvalue weighted by Crippen LogP contribution is -2.20. The summed E-state index contributed by atoms with van der Waals surface area (Å²) < 4.78 is 46.2. The third-order valence-corrected chi connectivity index (χ3v) is 4.49. The Kier molecular flexibility index (Phi) is 4.82. The van der Waals surface area contributed by atoms with Gasteiger partial charge in [-0.25, -0.2) is 0 Å². The van der Waals surface area contributed by atoms with E-state index < -0.39 is 17.6 Å². The van der Waals surface area contributed by atoms with Gasteiger partial charge < -0.3 is 4.42 Å². The smallest absolute Gasteiger partial charge is 0.416 e. The molecule has 0 radical (unpaired) electrons. The van der Waals surface area contributed by atoms with Gasteiger partial charge in [0.2, 0.25) is 0 Å². The van der Waals surface area contributed by atoms with E-state index in [0.29, 0.717) is 12.5 Å². The molecule has 140 valence electrons. The molecular weight excluding hydrogens is 345 g/mol. The highest BCUT2D eigenvalue weighted by Crippen LogP contribution is 2.32. The number of hydrogen-bond acceptors (Lipinski definition) is 2. The van der Waals surface area contributed by atoms with Gasteiger partial charge in [-0.2, -0.15) is 18.2 Å². The van der Waals surface area contributed by atoms with Crippen LogP contribution in [0.15, 0.2) is 33.7 Å². The van der Waals surface area contributed by atoms with Crippen LogP contribution in [0.4, 0.5) is 13.2 Å². The Balaban J connectivity index is 2.01. The standard InChI is InChI=1S/C19H21F3N2O2/c1-11(2)16-12(3)24(10-13-7-8-13)18(26-16)23-17(25)14-5-4-6-15(9-14)19(20,21)22/h4-6,9,11,13H,7-8,10H2,1-3H3. The van der Waals surface area contributed by atoms with Crippen LogP contribution in [0.1, 0.15) is 60.0 Å². The van der Waals surface area contributed by atoms with Gasteiger partial charge in [0.15, 0.2) is 0 Å². The molecule has 1 saturated carbocycles.